The van der Waals surface area contributed by atoms with Crippen molar-refractivity contribution in [1.82, 2.24) is 9.29 Å². The van der Waals surface area contributed by atoms with Gasteiger partial charge in [0.05, 0.1) is 16.6 Å². The maximum atomic E-state index is 12.6. The molecule has 10 heteroatoms. The summed E-state index contributed by atoms with van der Waals surface area (Å²) in [5.74, 6) is -0.229. The number of nitrogens with one attached hydrogen (secondary N) is 1. The lowest BCUT2D eigenvalue weighted by atomic mass is 10.3. The monoisotopic (exact) mass is 421 g/mol. The molecule has 1 N–H and O–H groups in total. The Balaban J connectivity index is 2.17. The summed E-state index contributed by atoms with van der Waals surface area (Å²) in [7, 11) is -2.83. The van der Waals surface area contributed by atoms with E-state index in [4.69, 9.17) is 34.8 Å². The van der Waals surface area contributed by atoms with Gasteiger partial charge < -0.3 is 5.32 Å². The number of carbonyl (C=O) groups excluding carboxylic acids is 1. The number of aromatic nitrogens is 1. The highest BCUT2D eigenvalue weighted by Gasteiger charge is 2.28. The number of pyridine rings is 1. The van der Waals surface area contributed by atoms with E-state index in [1.165, 1.54) is 19.2 Å². The van der Waals surface area contributed by atoms with Gasteiger partial charge in [-0.05, 0) is 30.7 Å². The van der Waals surface area contributed by atoms with E-state index >= 15 is 0 Å². The maximum Gasteiger partial charge on any atom is 0.246 e. The number of likely N-dealkylation sites (N-methyl/N-ethyl adjacent to an activating group) is 1. The summed E-state index contributed by atoms with van der Waals surface area (Å²) in [6, 6.07) is 5.93. The van der Waals surface area contributed by atoms with Gasteiger partial charge in [-0.25, -0.2) is 13.4 Å². The Morgan fingerprint density at radius 3 is 2.32 bits per heavy atom. The molecule has 0 spiro atoms. The van der Waals surface area contributed by atoms with Crippen LogP contribution in [0.4, 0.5) is 5.82 Å². The first kappa shape index (κ1) is 19.9. The van der Waals surface area contributed by atoms with E-state index in [9.17, 15) is 13.2 Å². The zero-order chi connectivity index (χ0) is 18.8. The highest BCUT2D eigenvalue weighted by molar-refractivity contribution is 7.89. The number of nitrogens with zero attached hydrogens (tertiary/aromatic N) is 2. The summed E-state index contributed by atoms with van der Waals surface area (Å²) in [5, 5.41) is 2.49. The van der Waals surface area contributed by atoms with Gasteiger partial charge in [0, 0.05) is 18.3 Å². The van der Waals surface area contributed by atoms with Crippen LogP contribution in [0.25, 0.3) is 0 Å². The van der Waals surface area contributed by atoms with Gasteiger partial charge in [-0.1, -0.05) is 40.9 Å². The van der Waals surface area contributed by atoms with Gasteiger partial charge in [0.25, 0.3) is 0 Å². The molecule has 0 aliphatic heterocycles. The third-order valence-corrected chi connectivity index (χ3v) is 6.12. The van der Waals surface area contributed by atoms with Crippen LogP contribution in [0.1, 0.15) is 5.56 Å². The number of hydrogen-bond acceptors (Lipinski definition) is 4. The summed E-state index contributed by atoms with van der Waals surface area (Å²) in [6.07, 6.45) is 1.59. The molecule has 1 aromatic carbocycles. The highest BCUT2D eigenvalue weighted by atomic mass is 35.5. The van der Waals surface area contributed by atoms with Crippen molar-refractivity contribution < 1.29 is 13.2 Å². The molecule has 1 amide bonds. The summed E-state index contributed by atoms with van der Waals surface area (Å²) >= 11 is 17.7. The molecular formula is C15H14Cl3N3O3S. The number of amides is 1. The Labute approximate surface area is 160 Å². The van der Waals surface area contributed by atoms with Crippen LogP contribution in [0.15, 0.2) is 35.4 Å². The van der Waals surface area contributed by atoms with Crippen LogP contribution in [-0.4, -0.2) is 37.2 Å². The van der Waals surface area contributed by atoms with E-state index < -0.39 is 22.5 Å². The molecule has 0 aliphatic carbocycles. The molecule has 0 saturated heterocycles. The predicted octanol–water partition coefficient (Wildman–Crippen LogP) is 3.61. The lowest BCUT2D eigenvalue weighted by Crippen LogP contribution is -2.35. The molecule has 1 aromatic heterocycles. The van der Waals surface area contributed by atoms with Crippen molar-refractivity contribution in [3.8, 4) is 0 Å². The molecule has 25 heavy (non-hydrogen) atoms. The number of benzene rings is 1. The first-order chi connectivity index (χ1) is 11.6. The highest BCUT2D eigenvalue weighted by Crippen LogP contribution is 2.34. The zero-order valence-electron chi connectivity index (χ0n) is 13.3. The van der Waals surface area contributed by atoms with E-state index in [1.807, 2.05) is 6.92 Å². The number of halogens is 3. The molecule has 0 fully saturated rings. The van der Waals surface area contributed by atoms with Crippen LogP contribution in [0.5, 0.6) is 0 Å². The smallest absolute Gasteiger partial charge is 0.246 e. The Bertz CT molecular complexity index is 879. The minimum Gasteiger partial charge on any atom is -0.310 e. The third kappa shape index (κ3) is 4.83. The summed E-state index contributed by atoms with van der Waals surface area (Å²) in [6.45, 7) is 1.42. The lowest BCUT2D eigenvalue weighted by molar-refractivity contribution is -0.116. The SMILES string of the molecule is Cc1ccc(NC(=O)CN(C)S(=O)(=O)c2c(Cl)cc(Cl)cc2Cl)nc1. The molecule has 134 valence electrons. The van der Waals surface area contributed by atoms with Gasteiger partial charge in [0.2, 0.25) is 15.9 Å². The van der Waals surface area contributed by atoms with E-state index in [0.717, 1.165) is 9.87 Å². The Morgan fingerprint density at radius 2 is 1.80 bits per heavy atom. The summed E-state index contributed by atoms with van der Waals surface area (Å²) in [5.41, 5.74) is 0.935. The third-order valence-electron chi connectivity index (χ3n) is 3.18. The van der Waals surface area contributed by atoms with E-state index in [0.29, 0.717) is 5.82 Å². The Morgan fingerprint density at radius 1 is 1.20 bits per heavy atom. The number of hydrogen-bond donors (Lipinski definition) is 1. The van der Waals surface area contributed by atoms with Crippen molar-refractivity contribution in [3.63, 3.8) is 0 Å². The van der Waals surface area contributed by atoms with Crippen LogP contribution in [0.3, 0.4) is 0 Å². The number of carbonyl (C=O) groups is 1. The molecule has 0 atom stereocenters. The average molecular weight is 423 g/mol. The van der Waals surface area contributed by atoms with Crippen LogP contribution in [0, 0.1) is 6.92 Å². The zero-order valence-corrected chi connectivity index (χ0v) is 16.3. The maximum absolute atomic E-state index is 12.6. The molecule has 2 rings (SSSR count). The first-order valence-electron chi connectivity index (χ1n) is 6.94. The second kappa shape index (κ2) is 7.88. The van der Waals surface area contributed by atoms with Gasteiger partial charge >= 0.3 is 0 Å². The van der Waals surface area contributed by atoms with Crippen LogP contribution < -0.4 is 5.32 Å². The van der Waals surface area contributed by atoms with Crippen molar-refractivity contribution in [1.29, 1.82) is 0 Å². The van der Waals surface area contributed by atoms with E-state index in [-0.39, 0.29) is 20.0 Å². The number of aryl methyl sites for hydroxylation is 1. The normalized spacial score (nSPS) is 11.6. The minimum atomic E-state index is -4.08. The number of sulfonamides is 1. The predicted molar refractivity (Wildman–Crippen MR) is 98.9 cm³/mol. The van der Waals surface area contributed by atoms with Gasteiger partial charge in [0.1, 0.15) is 10.7 Å². The van der Waals surface area contributed by atoms with Crippen LogP contribution >= 0.6 is 34.8 Å². The van der Waals surface area contributed by atoms with Crippen molar-refractivity contribution >= 4 is 56.6 Å². The topological polar surface area (TPSA) is 79.4 Å². The molecule has 0 bridgehead atoms. The Kier molecular flexibility index (Phi) is 6.29. The lowest BCUT2D eigenvalue weighted by Gasteiger charge is -2.18. The van der Waals surface area contributed by atoms with Gasteiger partial charge in [0.15, 0.2) is 0 Å². The molecule has 0 unspecified atom stereocenters. The van der Waals surface area contributed by atoms with Crippen molar-refractivity contribution in [2.24, 2.45) is 0 Å². The standard InChI is InChI=1S/C15H14Cl3N3O3S/c1-9-3-4-13(19-7-9)20-14(22)8-21(2)25(23,24)15-11(17)5-10(16)6-12(15)18/h3-7H,8H2,1-2H3,(H,19,20,22). The van der Waals surface area contributed by atoms with Gasteiger partial charge in [-0.15, -0.1) is 0 Å². The second-order valence-corrected chi connectivity index (χ2v) is 8.46. The quantitative estimate of drug-likeness (QED) is 0.798. The molecular weight excluding hydrogens is 409 g/mol. The minimum absolute atomic E-state index is 0.120. The second-order valence-electron chi connectivity index (χ2n) is 5.23. The van der Waals surface area contributed by atoms with Gasteiger partial charge in [-0.3, -0.25) is 4.79 Å². The van der Waals surface area contributed by atoms with Crippen molar-refractivity contribution in [2.45, 2.75) is 11.8 Å². The number of rotatable bonds is 5. The van der Waals surface area contributed by atoms with Gasteiger partial charge in [-0.2, -0.15) is 4.31 Å². The Hall–Kier alpha value is -1.38. The molecule has 0 saturated carbocycles. The average Bonchev–Trinajstić information content (AvgIpc) is 2.48. The number of anilines is 1. The summed E-state index contributed by atoms with van der Waals surface area (Å²) < 4.78 is 26.1. The summed E-state index contributed by atoms with van der Waals surface area (Å²) in [4.78, 5) is 15.8. The largest absolute Gasteiger partial charge is 0.310 e. The molecule has 2 aromatic rings. The van der Waals surface area contributed by atoms with Crippen LogP contribution in [-0.2, 0) is 14.8 Å². The molecule has 6 nitrogen and oxygen atoms in total. The van der Waals surface area contributed by atoms with Crippen molar-refractivity contribution in [2.75, 3.05) is 18.9 Å². The molecule has 0 radical (unpaired) electrons. The van der Waals surface area contributed by atoms with Crippen LogP contribution in [0.2, 0.25) is 15.1 Å². The molecule has 0 aliphatic rings. The fourth-order valence-corrected chi connectivity index (χ4v) is 4.55. The fourth-order valence-electron chi connectivity index (χ4n) is 1.94. The first-order valence-corrected chi connectivity index (χ1v) is 9.52. The van der Waals surface area contributed by atoms with Crippen molar-refractivity contribution in [3.05, 3.63) is 51.1 Å². The van der Waals surface area contributed by atoms with E-state index in [1.54, 1.807) is 18.3 Å². The van der Waals surface area contributed by atoms with E-state index in [2.05, 4.69) is 10.3 Å². The molecule has 1 heterocycles. The fraction of sp³-hybridized carbons (Fsp3) is 0.200.